The van der Waals surface area contributed by atoms with Crippen molar-refractivity contribution < 1.29 is 4.74 Å². The van der Waals surface area contributed by atoms with Gasteiger partial charge in [-0.2, -0.15) is 0 Å². The Morgan fingerprint density at radius 2 is 2.00 bits per heavy atom. The Hall–Kier alpha value is -1.49. The lowest BCUT2D eigenvalue weighted by Crippen LogP contribution is -2.18. The Labute approximate surface area is 124 Å². The van der Waals surface area contributed by atoms with Crippen molar-refractivity contribution in [3.63, 3.8) is 0 Å². The highest BCUT2D eigenvalue weighted by Gasteiger charge is 2.01. The van der Waals surface area contributed by atoms with Crippen molar-refractivity contribution in [2.45, 2.75) is 13.0 Å². The molecule has 1 aromatic heterocycles. The van der Waals surface area contributed by atoms with E-state index in [4.69, 9.17) is 16.3 Å². The number of methoxy groups -OCH3 is 1. The fraction of sp³-hybridized carbons (Fsp3) is 0.333. The van der Waals surface area contributed by atoms with Gasteiger partial charge in [0.05, 0.1) is 6.61 Å². The lowest BCUT2D eigenvalue weighted by molar-refractivity contribution is 0.199. The molecule has 0 saturated carbocycles. The smallest absolute Gasteiger partial charge is 0.132 e. The van der Waals surface area contributed by atoms with Crippen LogP contribution < -0.4 is 5.32 Å². The van der Waals surface area contributed by atoms with Gasteiger partial charge in [0.1, 0.15) is 5.82 Å². The van der Waals surface area contributed by atoms with Crippen molar-refractivity contribution in [3.8, 4) is 0 Å². The third-order valence-corrected chi connectivity index (χ3v) is 3.06. The van der Waals surface area contributed by atoms with Gasteiger partial charge in [0.15, 0.2) is 0 Å². The Bertz CT molecular complexity index is 531. The van der Waals surface area contributed by atoms with E-state index in [9.17, 15) is 0 Å². The molecule has 0 aliphatic carbocycles. The van der Waals surface area contributed by atoms with E-state index in [-0.39, 0.29) is 0 Å². The number of rotatable bonds is 7. The second-order valence-electron chi connectivity index (χ2n) is 4.48. The average molecular weight is 292 g/mol. The molecule has 5 heteroatoms. The van der Waals surface area contributed by atoms with Crippen molar-refractivity contribution in [2.24, 2.45) is 0 Å². The summed E-state index contributed by atoms with van der Waals surface area (Å²) in [5, 5.41) is 3.99. The molecule has 1 N–H and O–H groups in total. The molecule has 0 bridgehead atoms. The van der Waals surface area contributed by atoms with Gasteiger partial charge in [-0.1, -0.05) is 23.7 Å². The fourth-order valence-electron chi connectivity index (χ4n) is 1.80. The monoisotopic (exact) mass is 291 g/mol. The van der Waals surface area contributed by atoms with Crippen LogP contribution >= 0.6 is 11.6 Å². The first-order valence-corrected chi connectivity index (χ1v) is 6.89. The maximum Gasteiger partial charge on any atom is 0.132 e. The van der Waals surface area contributed by atoms with Crippen molar-refractivity contribution >= 4 is 11.6 Å². The summed E-state index contributed by atoms with van der Waals surface area (Å²) in [5.74, 6) is 0.799. The SMILES string of the molecule is COCCNCc1cnc(Cc2cccc(Cl)c2)nc1. The maximum absolute atomic E-state index is 5.96. The first kappa shape index (κ1) is 14.9. The minimum Gasteiger partial charge on any atom is -0.383 e. The number of nitrogens with one attached hydrogen (secondary N) is 1. The molecule has 0 atom stereocenters. The Kier molecular flexibility index (Phi) is 5.92. The zero-order valence-corrected chi connectivity index (χ0v) is 12.2. The van der Waals surface area contributed by atoms with Gasteiger partial charge in [-0.05, 0) is 17.7 Å². The summed E-state index contributed by atoms with van der Waals surface area (Å²) in [6, 6.07) is 7.76. The summed E-state index contributed by atoms with van der Waals surface area (Å²) in [5.41, 5.74) is 2.18. The second kappa shape index (κ2) is 7.94. The minimum atomic E-state index is 0.692. The van der Waals surface area contributed by atoms with Crippen LogP contribution in [0.4, 0.5) is 0 Å². The highest BCUT2D eigenvalue weighted by molar-refractivity contribution is 6.30. The van der Waals surface area contributed by atoms with Crippen LogP contribution in [0, 0.1) is 0 Å². The molecule has 0 fully saturated rings. The second-order valence-corrected chi connectivity index (χ2v) is 4.92. The normalized spacial score (nSPS) is 10.7. The van der Waals surface area contributed by atoms with E-state index < -0.39 is 0 Å². The highest BCUT2D eigenvalue weighted by atomic mass is 35.5. The van der Waals surface area contributed by atoms with Gasteiger partial charge in [-0.25, -0.2) is 9.97 Å². The molecule has 106 valence electrons. The van der Waals surface area contributed by atoms with E-state index in [0.29, 0.717) is 13.0 Å². The van der Waals surface area contributed by atoms with Gasteiger partial charge in [-0.3, -0.25) is 0 Å². The van der Waals surface area contributed by atoms with Crippen molar-refractivity contribution in [1.82, 2.24) is 15.3 Å². The Morgan fingerprint density at radius 1 is 1.20 bits per heavy atom. The van der Waals surface area contributed by atoms with Crippen LogP contribution in [0.2, 0.25) is 5.02 Å². The van der Waals surface area contributed by atoms with Crippen LogP contribution in [0.15, 0.2) is 36.7 Å². The zero-order valence-electron chi connectivity index (χ0n) is 11.5. The van der Waals surface area contributed by atoms with Crippen LogP contribution in [-0.4, -0.2) is 30.2 Å². The van der Waals surface area contributed by atoms with Crippen LogP contribution in [-0.2, 0) is 17.7 Å². The number of ether oxygens (including phenoxy) is 1. The molecule has 0 radical (unpaired) electrons. The molecule has 0 unspecified atom stereocenters. The topological polar surface area (TPSA) is 47.0 Å². The van der Waals surface area contributed by atoms with Gasteiger partial charge in [0, 0.05) is 49.6 Å². The summed E-state index contributed by atoms with van der Waals surface area (Å²) < 4.78 is 4.97. The molecule has 0 saturated heterocycles. The standard InChI is InChI=1S/C15H18ClN3O/c1-20-6-5-17-9-13-10-18-15(19-11-13)8-12-3-2-4-14(16)7-12/h2-4,7,10-11,17H,5-6,8-9H2,1H3. The highest BCUT2D eigenvalue weighted by Crippen LogP contribution is 2.12. The lowest BCUT2D eigenvalue weighted by Gasteiger charge is -2.05. The Morgan fingerprint density at radius 3 is 2.70 bits per heavy atom. The number of nitrogens with zero attached hydrogens (tertiary/aromatic N) is 2. The quantitative estimate of drug-likeness (QED) is 0.796. The van der Waals surface area contributed by atoms with Gasteiger partial charge < -0.3 is 10.1 Å². The zero-order chi connectivity index (χ0) is 14.2. The summed E-state index contributed by atoms with van der Waals surface area (Å²) >= 11 is 5.96. The van der Waals surface area contributed by atoms with E-state index in [0.717, 1.165) is 35.1 Å². The molecule has 0 aliphatic heterocycles. The molecular weight excluding hydrogens is 274 g/mol. The van der Waals surface area contributed by atoms with Crippen molar-refractivity contribution in [1.29, 1.82) is 0 Å². The molecular formula is C15H18ClN3O. The maximum atomic E-state index is 5.96. The number of aromatic nitrogens is 2. The van der Waals surface area contributed by atoms with Crippen molar-refractivity contribution in [3.05, 3.63) is 58.6 Å². The largest absolute Gasteiger partial charge is 0.383 e. The van der Waals surface area contributed by atoms with Gasteiger partial charge in [-0.15, -0.1) is 0 Å². The summed E-state index contributed by atoms with van der Waals surface area (Å²) in [4.78, 5) is 8.75. The molecule has 0 aliphatic rings. The molecule has 1 aromatic carbocycles. The predicted octanol–water partition coefficient (Wildman–Crippen LogP) is 2.46. The van der Waals surface area contributed by atoms with E-state index in [2.05, 4.69) is 15.3 Å². The molecule has 2 rings (SSSR count). The van der Waals surface area contributed by atoms with Gasteiger partial charge in [0.25, 0.3) is 0 Å². The third-order valence-electron chi connectivity index (χ3n) is 2.82. The number of hydrogen-bond acceptors (Lipinski definition) is 4. The first-order valence-electron chi connectivity index (χ1n) is 6.52. The van der Waals surface area contributed by atoms with E-state index in [1.165, 1.54) is 0 Å². The predicted molar refractivity (Wildman–Crippen MR) is 79.9 cm³/mol. The van der Waals surface area contributed by atoms with E-state index >= 15 is 0 Å². The van der Waals surface area contributed by atoms with Crippen LogP contribution in [0.3, 0.4) is 0 Å². The molecule has 2 aromatic rings. The summed E-state index contributed by atoms with van der Waals surface area (Å²) in [6.45, 7) is 2.27. The van der Waals surface area contributed by atoms with Crippen molar-refractivity contribution in [2.75, 3.05) is 20.3 Å². The summed E-state index contributed by atoms with van der Waals surface area (Å²) in [6.07, 6.45) is 4.40. The van der Waals surface area contributed by atoms with Crippen LogP contribution in [0.5, 0.6) is 0 Å². The van der Waals surface area contributed by atoms with Crippen LogP contribution in [0.25, 0.3) is 0 Å². The Balaban J connectivity index is 1.88. The molecule has 0 spiro atoms. The number of benzene rings is 1. The molecule has 20 heavy (non-hydrogen) atoms. The fourth-order valence-corrected chi connectivity index (χ4v) is 2.01. The number of hydrogen-bond donors (Lipinski definition) is 1. The first-order chi connectivity index (χ1) is 9.78. The summed E-state index contributed by atoms with van der Waals surface area (Å²) in [7, 11) is 1.69. The van der Waals surface area contributed by atoms with Gasteiger partial charge >= 0.3 is 0 Å². The van der Waals surface area contributed by atoms with E-state index in [1.807, 2.05) is 36.7 Å². The molecule has 0 amide bonds. The van der Waals surface area contributed by atoms with Gasteiger partial charge in [0.2, 0.25) is 0 Å². The van der Waals surface area contributed by atoms with E-state index in [1.54, 1.807) is 7.11 Å². The average Bonchev–Trinajstić information content (AvgIpc) is 2.45. The number of halogens is 1. The third kappa shape index (κ3) is 4.89. The molecule has 1 heterocycles. The molecule has 4 nitrogen and oxygen atoms in total. The van der Waals surface area contributed by atoms with Crippen LogP contribution in [0.1, 0.15) is 17.0 Å². The minimum absolute atomic E-state index is 0.692. The lowest BCUT2D eigenvalue weighted by atomic mass is 10.1.